The molecule has 2 aromatic carbocycles. The molecule has 0 saturated carbocycles. The van der Waals surface area contributed by atoms with E-state index in [-0.39, 0.29) is 12.1 Å². The van der Waals surface area contributed by atoms with Gasteiger partial charge in [0, 0.05) is 36.6 Å². The molecule has 8 nitrogen and oxygen atoms in total. The monoisotopic (exact) mass is 450 g/mol. The first-order chi connectivity index (χ1) is 16.6. The number of para-hydroxylation sites is 1. The van der Waals surface area contributed by atoms with Gasteiger partial charge in [0.1, 0.15) is 23.6 Å². The molecule has 0 spiro atoms. The SMILES string of the molecule is Cn1cc(-c2nc3nccc(-c4ccc(Cn5c#[n+]c6ccccc6c5=O)c(F)c4)c3[nH]2)cn1. The number of nitrogens with one attached hydrogen (secondary N) is 1. The third-order valence-electron chi connectivity index (χ3n) is 5.73. The molecule has 4 aromatic heterocycles. The highest BCUT2D eigenvalue weighted by Gasteiger charge is 2.16. The Kier molecular flexibility index (Phi) is 4.45. The number of rotatable bonds is 4. The Morgan fingerprint density at radius 1 is 1.15 bits per heavy atom. The third-order valence-corrected chi connectivity index (χ3v) is 5.73. The maximum absolute atomic E-state index is 15.1. The van der Waals surface area contributed by atoms with Crippen molar-refractivity contribution in [1.82, 2.24) is 29.3 Å². The van der Waals surface area contributed by atoms with E-state index >= 15 is 4.39 Å². The molecule has 34 heavy (non-hydrogen) atoms. The minimum Gasteiger partial charge on any atom is -0.336 e. The first-order valence-electron chi connectivity index (χ1n) is 10.6. The van der Waals surface area contributed by atoms with Crippen molar-refractivity contribution in [2.24, 2.45) is 7.05 Å². The number of aryl methyl sites for hydroxylation is 1. The summed E-state index contributed by atoms with van der Waals surface area (Å²) in [5.41, 5.74) is 4.18. The molecule has 6 rings (SSSR count). The number of hydrogen-bond acceptors (Lipinski definition) is 4. The van der Waals surface area contributed by atoms with Crippen LogP contribution in [0, 0.1) is 12.1 Å². The van der Waals surface area contributed by atoms with E-state index in [2.05, 4.69) is 31.4 Å². The summed E-state index contributed by atoms with van der Waals surface area (Å²) in [4.78, 5) is 29.1. The lowest BCUT2D eigenvalue weighted by atomic mass is 10.0. The number of imidazole rings is 1. The largest absolute Gasteiger partial charge is 0.386 e. The Bertz CT molecular complexity index is 1750. The molecule has 0 amide bonds. The van der Waals surface area contributed by atoms with E-state index < -0.39 is 5.82 Å². The van der Waals surface area contributed by atoms with Crippen LogP contribution in [0.1, 0.15) is 5.56 Å². The number of hydrogen-bond donors (Lipinski definition) is 1. The van der Waals surface area contributed by atoms with Crippen LogP contribution in [0.5, 0.6) is 0 Å². The van der Waals surface area contributed by atoms with Gasteiger partial charge in [0.15, 0.2) is 5.65 Å². The zero-order chi connectivity index (χ0) is 23.2. The molecule has 0 unspecified atom stereocenters. The summed E-state index contributed by atoms with van der Waals surface area (Å²) in [7, 11) is 1.83. The lowest BCUT2D eigenvalue weighted by Crippen LogP contribution is -2.23. The average Bonchev–Trinajstić information content (AvgIpc) is 3.48. The van der Waals surface area contributed by atoms with Gasteiger partial charge in [-0.15, -0.1) is 4.57 Å². The van der Waals surface area contributed by atoms with Crippen molar-refractivity contribution in [3.05, 3.63) is 95.2 Å². The van der Waals surface area contributed by atoms with Crippen molar-refractivity contribution in [1.29, 1.82) is 0 Å². The summed E-state index contributed by atoms with van der Waals surface area (Å²) < 4.78 is 18.1. The van der Waals surface area contributed by atoms with Gasteiger partial charge >= 0.3 is 11.9 Å². The number of H-pyrrole nitrogens is 1. The van der Waals surface area contributed by atoms with Gasteiger partial charge in [0.25, 0.3) is 5.52 Å². The maximum Gasteiger partial charge on any atom is 0.386 e. The van der Waals surface area contributed by atoms with Crippen molar-refractivity contribution >= 4 is 22.1 Å². The van der Waals surface area contributed by atoms with Crippen molar-refractivity contribution in [2.75, 3.05) is 0 Å². The van der Waals surface area contributed by atoms with Crippen LogP contribution in [0.25, 0.3) is 44.6 Å². The molecule has 0 fully saturated rings. The highest BCUT2D eigenvalue weighted by atomic mass is 19.1. The first kappa shape index (κ1) is 19.8. The van der Waals surface area contributed by atoms with Crippen molar-refractivity contribution in [3.63, 3.8) is 0 Å². The van der Waals surface area contributed by atoms with Gasteiger partial charge in [-0.2, -0.15) is 10.1 Å². The van der Waals surface area contributed by atoms with Gasteiger partial charge in [-0.1, -0.05) is 24.3 Å². The third kappa shape index (κ3) is 3.29. The quantitative estimate of drug-likeness (QED) is 0.446. The van der Waals surface area contributed by atoms with Crippen molar-refractivity contribution < 1.29 is 9.37 Å². The van der Waals surface area contributed by atoms with Gasteiger partial charge in [0.05, 0.1) is 17.3 Å². The van der Waals surface area contributed by atoms with Crippen LogP contribution in [0.3, 0.4) is 0 Å². The normalized spacial score (nSPS) is 11.2. The Morgan fingerprint density at radius 3 is 2.85 bits per heavy atom. The zero-order valence-electron chi connectivity index (χ0n) is 18.0. The molecule has 0 aliphatic rings. The first-order valence-corrected chi connectivity index (χ1v) is 10.6. The number of benzene rings is 2. The highest BCUT2D eigenvalue weighted by Crippen LogP contribution is 2.29. The second-order valence-corrected chi connectivity index (χ2v) is 7.97. The van der Waals surface area contributed by atoms with E-state index in [4.69, 9.17) is 0 Å². The molecule has 0 aliphatic carbocycles. The van der Waals surface area contributed by atoms with Crippen LogP contribution in [-0.2, 0) is 13.6 Å². The van der Waals surface area contributed by atoms with E-state index in [1.807, 2.05) is 25.4 Å². The van der Waals surface area contributed by atoms with Crippen molar-refractivity contribution in [3.8, 4) is 22.5 Å². The smallest absolute Gasteiger partial charge is 0.336 e. The Morgan fingerprint density at radius 2 is 2.03 bits per heavy atom. The molecule has 164 valence electrons. The molecular formula is C25H17FN7O+. The molecule has 0 atom stereocenters. The van der Waals surface area contributed by atoms with Crippen LogP contribution in [0.2, 0.25) is 0 Å². The topological polar surface area (TPSA) is 95.5 Å². The van der Waals surface area contributed by atoms with Gasteiger partial charge < -0.3 is 4.98 Å². The lowest BCUT2D eigenvalue weighted by molar-refractivity contribution is -0.264. The number of aromatic nitrogens is 7. The molecule has 9 heteroatoms. The standard InChI is InChI=1S/C25H17FN7O/c1-32-12-17(11-29-32)23-30-22-18(8-9-27-24(22)31-23)15-6-7-16(20(26)10-15)13-33-14-28-21-5-3-2-4-19(21)25(33)34/h2-12H,13H2,1H3,(H,27,30,31)/q+1. The van der Waals surface area contributed by atoms with E-state index in [0.717, 1.165) is 11.1 Å². The van der Waals surface area contributed by atoms with Crippen LogP contribution < -0.4 is 10.5 Å². The summed E-state index contributed by atoms with van der Waals surface area (Å²) in [6.07, 6.45) is 7.92. The number of aromatic amines is 1. The Labute approximate surface area is 192 Å². The van der Waals surface area contributed by atoms with Gasteiger partial charge in [0.2, 0.25) is 0 Å². The minimum atomic E-state index is -0.428. The molecule has 4 heterocycles. The summed E-state index contributed by atoms with van der Waals surface area (Å²) in [5, 5.41) is 4.65. The lowest BCUT2D eigenvalue weighted by Gasteiger charge is -2.06. The molecule has 0 saturated heterocycles. The van der Waals surface area contributed by atoms with Crippen LogP contribution in [0.15, 0.2) is 71.9 Å². The zero-order valence-corrected chi connectivity index (χ0v) is 18.0. The molecule has 0 bridgehead atoms. The second-order valence-electron chi connectivity index (χ2n) is 7.97. The molecule has 1 N–H and O–H groups in total. The number of fused-ring (bicyclic) bond motifs is 2. The summed E-state index contributed by atoms with van der Waals surface area (Å²) in [6, 6.07) is 13.8. The van der Waals surface area contributed by atoms with Crippen molar-refractivity contribution in [2.45, 2.75) is 6.54 Å². The number of nitrogens with zero attached hydrogens (tertiary/aromatic N) is 6. The second kappa shape index (κ2) is 7.64. The summed E-state index contributed by atoms with van der Waals surface area (Å²) in [5.74, 6) is 0.210. The fourth-order valence-electron chi connectivity index (χ4n) is 4.01. The van der Waals surface area contributed by atoms with Gasteiger partial charge in [-0.3, -0.25) is 4.68 Å². The number of halogens is 1. The molecule has 0 radical (unpaired) electrons. The Hall–Kier alpha value is -4.84. The highest BCUT2D eigenvalue weighted by molar-refractivity contribution is 5.91. The van der Waals surface area contributed by atoms with Gasteiger partial charge in [-0.25, -0.2) is 19.2 Å². The van der Waals surface area contributed by atoms with Gasteiger partial charge in [-0.05, 0) is 23.8 Å². The van der Waals surface area contributed by atoms with E-state index in [1.54, 1.807) is 47.4 Å². The fourth-order valence-corrected chi connectivity index (χ4v) is 4.01. The fraction of sp³-hybridized carbons (Fsp3) is 0.0800. The molecular weight excluding hydrogens is 433 g/mol. The summed E-state index contributed by atoms with van der Waals surface area (Å²) >= 11 is 0. The predicted octanol–water partition coefficient (Wildman–Crippen LogP) is 2.93. The number of pyridine rings is 1. The maximum atomic E-state index is 15.1. The van der Waals surface area contributed by atoms with Crippen LogP contribution in [0.4, 0.5) is 4.39 Å². The van der Waals surface area contributed by atoms with E-state index in [1.165, 1.54) is 10.6 Å². The predicted molar refractivity (Wildman–Crippen MR) is 123 cm³/mol. The Balaban J connectivity index is 1.37. The van der Waals surface area contributed by atoms with Crippen LogP contribution >= 0.6 is 0 Å². The average molecular weight is 450 g/mol. The molecule has 6 aromatic rings. The minimum absolute atomic E-state index is 0.0315. The summed E-state index contributed by atoms with van der Waals surface area (Å²) in [6.45, 7) is 0.0315. The molecule has 0 aliphatic heterocycles. The van der Waals surface area contributed by atoms with Crippen LogP contribution in [-0.4, -0.2) is 29.3 Å². The van der Waals surface area contributed by atoms with E-state index in [0.29, 0.717) is 39.0 Å². The van der Waals surface area contributed by atoms with E-state index in [9.17, 15) is 4.79 Å².